The Morgan fingerprint density at radius 1 is 1.19 bits per heavy atom. The zero-order chi connectivity index (χ0) is 19.4. The van der Waals surface area contributed by atoms with Crippen LogP contribution in [0, 0.1) is 5.82 Å². The summed E-state index contributed by atoms with van der Waals surface area (Å²) in [6, 6.07) is 12.0. The fourth-order valence-corrected chi connectivity index (χ4v) is 2.73. The molecule has 4 N–H and O–H groups in total. The van der Waals surface area contributed by atoms with Crippen molar-refractivity contribution in [2.45, 2.75) is 19.4 Å². The maximum Gasteiger partial charge on any atom is 0.354 e. The van der Waals surface area contributed by atoms with E-state index in [1.54, 1.807) is 43.3 Å². The Balaban J connectivity index is 1.68. The predicted octanol–water partition coefficient (Wildman–Crippen LogP) is 2.99. The molecule has 0 radical (unpaired) electrons. The Labute approximate surface area is 155 Å². The SMILES string of the molecule is CCOC(=O)c1cc2cc(NC(=O)[C@@H](N)Cc3ccc(F)cc3)ccc2[nH]1. The van der Waals surface area contributed by atoms with Gasteiger partial charge in [-0.3, -0.25) is 4.79 Å². The summed E-state index contributed by atoms with van der Waals surface area (Å²) >= 11 is 0. The molecule has 1 amide bonds. The first-order valence-corrected chi connectivity index (χ1v) is 8.57. The zero-order valence-electron chi connectivity index (χ0n) is 14.8. The molecule has 27 heavy (non-hydrogen) atoms. The lowest BCUT2D eigenvalue weighted by atomic mass is 10.1. The van der Waals surface area contributed by atoms with Crippen molar-refractivity contribution >= 4 is 28.5 Å². The van der Waals surface area contributed by atoms with E-state index in [-0.39, 0.29) is 11.7 Å². The molecule has 140 valence electrons. The summed E-state index contributed by atoms with van der Waals surface area (Å²) in [5.74, 6) is -1.11. The van der Waals surface area contributed by atoms with Gasteiger partial charge < -0.3 is 20.8 Å². The van der Waals surface area contributed by atoms with Crippen LogP contribution in [0.4, 0.5) is 10.1 Å². The number of hydrogen-bond donors (Lipinski definition) is 3. The molecule has 0 spiro atoms. The van der Waals surface area contributed by atoms with Gasteiger partial charge in [0.1, 0.15) is 11.5 Å². The minimum Gasteiger partial charge on any atom is -0.461 e. The number of carbonyl (C=O) groups is 2. The van der Waals surface area contributed by atoms with Gasteiger partial charge in [0.15, 0.2) is 0 Å². The lowest BCUT2D eigenvalue weighted by molar-refractivity contribution is -0.117. The Morgan fingerprint density at radius 3 is 2.63 bits per heavy atom. The number of carbonyl (C=O) groups excluding carboxylic acids is 2. The Bertz CT molecular complexity index is 966. The van der Waals surface area contributed by atoms with Crippen molar-refractivity contribution in [2.24, 2.45) is 5.73 Å². The van der Waals surface area contributed by atoms with Crippen LogP contribution in [0.15, 0.2) is 48.5 Å². The second kappa shape index (κ2) is 8.01. The van der Waals surface area contributed by atoms with E-state index in [0.717, 1.165) is 16.5 Å². The molecular weight excluding hydrogens is 349 g/mol. The van der Waals surface area contributed by atoms with E-state index in [2.05, 4.69) is 10.3 Å². The molecule has 0 aliphatic carbocycles. The number of ether oxygens (including phenoxy) is 1. The van der Waals surface area contributed by atoms with Crippen molar-refractivity contribution in [1.29, 1.82) is 0 Å². The maximum absolute atomic E-state index is 13.0. The molecule has 7 heteroatoms. The lowest BCUT2D eigenvalue weighted by Gasteiger charge is -2.12. The van der Waals surface area contributed by atoms with Crippen LogP contribution in [-0.2, 0) is 16.0 Å². The van der Waals surface area contributed by atoms with Crippen LogP contribution in [0.5, 0.6) is 0 Å². The first-order valence-electron chi connectivity index (χ1n) is 8.57. The van der Waals surface area contributed by atoms with Crippen LogP contribution in [0.2, 0.25) is 0 Å². The van der Waals surface area contributed by atoms with Gasteiger partial charge in [0.25, 0.3) is 0 Å². The topological polar surface area (TPSA) is 97.2 Å². The minimum absolute atomic E-state index is 0.293. The van der Waals surface area contributed by atoms with Crippen LogP contribution in [0.1, 0.15) is 23.0 Å². The highest BCUT2D eigenvalue weighted by Gasteiger charge is 2.15. The Morgan fingerprint density at radius 2 is 1.93 bits per heavy atom. The number of halogens is 1. The fourth-order valence-electron chi connectivity index (χ4n) is 2.73. The van der Waals surface area contributed by atoms with Crippen LogP contribution in [-0.4, -0.2) is 29.5 Å². The van der Waals surface area contributed by atoms with Crippen LogP contribution >= 0.6 is 0 Å². The van der Waals surface area contributed by atoms with E-state index in [9.17, 15) is 14.0 Å². The van der Waals surface area contributed by atoms with Crippen molar-refractivity contribution in [2.75, 3.05) is 11.9 Å². The summed E-state index contributed by atoms with van der Waals surface area (Å²) < 4.78 is 17.9. The number of hydrogen-bond acceptors (Lipinski definition) is 4. The zero-order valence-corrected chi connectivity index (χ0v) is 14.8. The highest BCUT2D eigenvalue weighted by molar-refractivity contribution is 5.99. The van der Waals surface area contributed by atoms with Gasteiger partial charge in [-0.2, -0.15) is 0 Å². The third-order valence-corrected chi connectivity index (χ3v) is 4.09. The summed E-state index contributed by atoms with van der Waals surface area (Å²) in [5.41, 5.74) is 8.40. The standard InChI is InChI=1S/C20H20FN3O3/c1-2-27-20(26)18-11-13-10-15(7-8-17(13)24-18)23-19(25)16(22)9-12-3-5-14(21)6-4-12/h3-8,10-11,16,24H,2,9,22H2,1H3,(H,23,25)/t16-/m0/s1. The fraction of sp³-hybridized carbons (Fsp3) is 0.200. The van der Waals surface area contributed by atoms with Crippen molar-refractivity contribution in [1.82, 2.24) is 4.98 Å². The Hall–Kier alpha value is -3.19. The molecule has 1 atom stereocenters. The molecule has 0 unspecified atom stereocenters. The molecule has 3 rings (SSSR count). The summed E-state index contributed by atoms with van der Waals surface area (Å²) in [6.07, 6.45) is 0.297. The van der Waals surface area contributed by atoms with Gasteiger partial charge in [0.2, 0.25) is 5.91 Å². The highest BCUT2D eigenvalue weighted by atomic mass is 19.1. The normalized spacial score (nSPS) is 12.0. The summed E-state index contributed by atoms with van der Waals surface area (Å²) in [7, 11) is 0. The van der Waals surface area contributed by atoms with Gasteiger partial charge in [-0.05, 0) is 55.3 Å². The number of fused-ring (bicyclic) bond motifs is 1. The number of aromatic amines is 1. The number of nitrogens with one attached hydrogen (secondary N) is 2. The number of rotatable bonds is 6. The maximum atomic E-state index is 13.0. The van der Waals surface area contributed by atoms with Gasteiger partial charge in [-0.15, -0.1) is 0 Å². The van der Waals surface area contributed by atoms with Crippen LogP contribution in [0.25, 0.3) is 10.9 Å². The monoisotopic (exact) mass is 369 g/mol. The first kappa shape index (κ1) is 18.6. The van der Waals surface area contributed by atoms with Crippen LogP contribution < -0.4 is 11.1 Å². The predicted molar refractivity (Wildman–Crippen MR) is 101 cm³/mol. The van der Waals surface area contributed by atoms with E-state index in [0.29, 0.717) is 24.4 Å². The molecule has 0 bridgehead atoms. The highest BCUT2D eigenvalue weighted by Crippen LogP contribution is 2.21. The smallest absolute Gasteiger partial charge is 0.354 e. The number of amides is 1. The van der Waals surface area contributed by atoms with Gasteiger partial charge in [-0.1, -0.05) is 12.1 Å². The van der Waals surface area contributed by atoms with Gasteiger partial charge in [0, 0.05) is 16.6 Å². The minimum atomic E-state index is -0.771. The molecule has 3 aromatic rings. The molecule has 0 aliphatic heterocycles. The molecule has 0 aliphatic rings. The summed E-state index contributed by atoms with van der Waals surface area (Å²) in [5, 5.41) is 3.53. The van der Waals surface area contributed by atoms with E-state index in [1.807, 2.05) is 0 Å². The second-order valence-electron chi connectivity index (χ2n) is 6.13. The van der Waals surface area contributed by atoms with E-state index in [1.165, 1.54) is 12.1 Å². The van der Waals surface area contributed by atoms with E-state index in [4.69, 9.17) is 10.5 Å². The number of aromatic nitrogens is 1. The number of anilines is 1. The Kier molecular flexibility index (Phi) is 5.52. The molecule has 2 aromatic carbocycles. The van der Waals surface area contributed by atoms with Gasteiger partial charge in [0.05, 0.1) is 12.6 Å². The third-order valence-electron chi connectivity index (χ3n) is 4.09. The molecular formula is C20H20FN3O3. The van der Waals surface area contributed by atoms with Crippen LogP contribution in [0.3, 0.4) is 0 Å². The molecule has 0 fully saturated rings. The molecule has 6 nitrogen and oxygen atoms in total. The molecule has 1 heterocycles. The molecule has 1 aromatic heterocycles. The average molecular weight is 369 g/mol. The average Bonchev–Trinajstić information content (AvgIpc) is 3.07. The first-order chi connectivity index (χ1) is 13.0. The van der Waals surface area contributed by atoms with Crippen molar-refractivity contribution in [3.8, 4) is 0 Å². The van der Waals surface area contributed by atoms with Crippen molar-refractivity contribution < 1.29 is 18.7 Å². The lowest BCUT2D eigenvalue weighted by Crippen LogP contribution is -2.37. The quantitative estimate of drug-likeness (QED) is 0.582. The number of H-pyrrole nitrogens is 1. The number of benzene rings is 2. The van der Waals surface area contributed by atoms with Gasteiger partial charge >= 0.3 is 5.97 Å². The third kappa shape index (κ3) is 4.51. The van der Waals surface area contributed by atoms with Crippen molar-refractivity contribution in [3.05, 3.63) is 65.6 Å². The van der Waals surface area contributed by atoms with Crippen molar-refractivity contribution in [3.63, 3.8) is 0 Å². The number of nitrogens with two attached hydrogens (primary N) is 1. The summed E-state index contributed by atoms with van der Waals surface area (Å²) in [6.45, 7) is 2.03. The summed E-state index contributed by atoms with van der Waals surface area (Å²) in [4.78, 5) is 27.1. The van der Waals surface area contributed by atoms with Gasteiger partial charge in [-0.25, -0.2) is 9.18 Å². The van der Waals surface area contributed by atoms with E-state index < -0.39 is 12.0 Å². The molecule has 0 saturated heterocycles. The van der Waals surface area contributed by atoms with E-state index >= 15 is 0 Å². The number of esters is 1. The largest absolute Gasteiger partial charge is 0.461 e. The molecule has 0 saturated carbocycles. The second-order valence-corrected chi connectivity index (χ2v) is 6.13.